The van der Waals surface area contributed by atoms with Crippen molar-refractivity contribution in [1.82, 2.24) is 10.3 Å². The first kappa shape index (κ1) is 21.6. The number of para-hydroxylation sites is 1. The number of nitrogens with zero attached hydrogens (tertiary/aromatic N) is 1. The summed E-state index contributed by atoms with van der Waals surface area (Å²) in [4.78, 5) is 16.7. The van der Waals surface area contributed by atoms with E-state index in [1.54, 1.807) is 23.6 Å². The number of benzene rings is 2. The van der Waals surface area contributed by atoms with Gasteiger partial charge in [0.2, 0.25) is 5.75 Å². The number of carbonyl (C=O) groups is 1. The van der Waals surface area contributed by atoms with E-state index in [2.05, 4.69) is 10.3 Å². The fourth-order valence-electron chi connectivity index (χ4n) is 2.77. The number of carbonyl (C=O) groups excluding carboxylic acids is 1. The van der Waals surface area contributed by atoms with Gasteiger partial charge in [0.15, 0.2) is 11.5 Å². The molecule has 0 saturated heterocycles. The summed E-state index contributed by atoms with van der Waals surface area (Å²) in [5.41, 5.74) is 1.48. The van der Waals surface area contributed by atoms with E-state index in [0.29, 0.717) is 29.4 Å². The Morgan fingerprint density at radius 2 is 1.80 bits per heavy atom. The molecule has 0 saturated carbocycles. The van der Waals surface area contributed by atoms with Crippen LogP contribution in [0.5, 0.6) is 17.2 Å². The van der Waals surface area contributed by atoms with E-state index in [4.69, 9.17) is 14.2 Å². The fourth-order valence-corrected chi connectivity index (χ4v) is 3.57. The third-order valence-electron chi connectivity index (χ3n) is 4.28. The molecule has 158 valence electrons. The summed E-state index contributed by atoms with van der Waals surface area (Å²) in [6.45, 7) is -0.00478. The van der Waals surface area contributed by atoms with Crippen molar-refractivity contribution in [2.75, 3.05) is 27.4 Å². The Morgan fingerprint density at radius 1 is 1.10 bits per heavy atom. The van der Waals surface area contributed by atoms with Gasteiger partial charge in [0.25, 0.3) is 5.91 Å². The number of hydrogen-bond acceptors (Lipinski definition) is 7. The summed E-state index contributed by atoms with van der Waals surface area (Å²) >= 11 is 1.44. The van der Waals surface area contributed by atoms with Crippen LogP contribution in [0.15, 0.2) is 53.9 Å². The molecule has 0 aliphatic carbocycles. The molecule has 1 amide bonds. The number of nitrogens with one attached hydrogen (secondary N) is 1. The molecule has 2 N–H and O–H groups in total. The highest BCUT2D eigenvalue weighted by Crippen LogP contribution is 2.36. The molecule has 2 aromatic carbocycles. The Labute approximate surface area is 179 Å². The molecule has 30 heavy (non-hydrogen) atoms. The molecule has 3 rings (SSSR count). The van der Waals surface area contributed by atoms with E-state index in [1.807, 2.05) is 30.3 Å². The van der Waals surface area contributed by atoms with Crippen LogP contribution in [0, 0.1) is 0 Å². The highest BCUT2D eigenvalue weighted by atomic mass is 32.1. The highest BCUT2D eigenvalue weighted by Gasteiger charge is 2.16. The summed E-state index contributed by atoms with van der Waals surface area (Å²) in [6, 6.07) is 15.2. The van der Waals surface area contributed by atoms with Gasteiger partial charge in [-0.3, -0.25) is 4.79 Å². The second-order valence-electron chi connectivity index (χ2n) is 6.46. The number of methoxy groups -OCH3 is 2. The molecule has 1 unspecified atom stereocenters. The molecule has 0 radical (unpaired) electrons. The smallest absolute Gasteiger partial charge is 0.270 e. The molecule has 0 spiro atoms. The third-order valence-corrected chi connectivity index (χ3v) is 5.13. The monoisotopic (exact) mass is 428 g/mol. The zero-order chi connectivity index (χ0) is 21.3. The van der Waals surface area contributed by atoms with E-state index in [1.165, 1.54) is 25.6 Å². The molecule has 3 aromatic rings. The molecule has 1 atom stereocenters. The van der Waals surface area contributed by atoms with Gasteiger partial charge in [0.05, 0.1) is 19.2 Å². The largest absolute Gasteiger partial charge is 0.493 e. The molecular formula is C22H24N2O5S. The van der Waals surface area contributed by atoms with Crippen LogP contribution in [0.4, 0.5) is 0 Å². The van der Waals surface area contributed by atoms with Crippen LogP contribution in [-0.2, 0) is 6.42 Å². The summed E-state index contributed by atoms with van der Waals surface area (Å²) in [6.07, 6.45) is -0.235. The first-order valence-electron chi connectivity index (χ1n) is 9.39. The van der Waals surface area contributed by atoms with Gasteiger partial charge in [-0.2, -0.15) is 0 Å². The van der Waals surface area contributed by atoms with Crippen molar-refractivity contribution in [2.24, 2.45) is 0 Å². The lowest BCUT2D eigenvalue weighted by Gasteiger charge is -2.16. The minimum atomic E-state index is -0.911. The standard InChI is InChI=1S/C22H24N2O5S/c1-27-18-9-6-10-19(28-2)21(18)29-13-16(25)12-23-22(26)17-14-30-20(24-17)11-15-7-4-3-5-8-15/h3-10,14,16,25H,11-13H2,1-2H3,(H,23,26). The Hall–Kier alpha value is -3.10. The van der Waals surface area contributed by atoms with E-state index in [0.717, 1.165) is 10.6 Å². The van der Waals surface area contributed by atoms with Crippen molar-refractivity contribution in [3.05, 3.63) is 70.2 Å². The summed E-state index contributed by atoms with van der Waals surface area (Å²) in [5, 5.41) is 15.5. The van der Waals surface area contributed by atoms with Crippen LogP contribution in [-0.4, -0.2) is 49.5 Å². The van der Waals surface area contributed by atoms with Crippen LogP contribution >= 0.6 is 11.3 Å². The average Bonchev–Trinajstić information content (AvgIpc) is 3.24. The van der Waals surface area contributed by atoms with E-state index in [-0.39, 0.29) is 19.1 Å². The minimum Gasteiger partial charge on any atom is -0.493 e. The predicted molar refractivity (Wildman–Crippen MR) is 115 cm³/mol. The zero-order valence-electron chi connectivity index (χ0n) is 16.8. The number of aliphatic hydroxyl groups is 1. The molecule has 0 fully saturated rings. The van der Waals surface area contributed by atoms with Crippen LogP contribution in [0.2, 0.25) is 0 Å². The van der Waals surface area contributed by atoms with Gasteiger partial charge in [-0.15, -0.1) is 11.3 Å². The van der Waals surface area contributed by atoms with Crippen LogP contribution < -0.4 is 19.5 Å². The molecule has 0 bridgehead atoms. The summed E-state index contributed by atoms with van der Waals surface area (Å²) in [7, 11) is 3.05. The molecule has 1 heterocycles. The topological polar surface area (TPSA) is 89.9 Å². The van der Waals surface area contributed by atoms with Gasteiger partial charge < -0.3 is 24.6 Å². The van der Waals surface area contributed by atoms with Gasteiger partial charge in [-0.25, -0.2) is 4.98 Å². The SMILES string of the molecule is COc1cccc(OC)c1OCC(O)CNC(=O)c1csc(Cc2ccccc2)n1. The van der Waals surface area contributed by atoms with Crippen molar-refractivity contribution in [2.45, 2.75) is 12.5 Å². The van der Waals surface area contributed by atoms with Gasteiger partial charge in [0, 0.05) is 18.3 Å². The number of aromatic nitrogens is 1. The Morgan fingerprint density at radius 3 is 2.47 bits per heavy atom. The van der Waals surface area contributed by atoms with E-state index >= 15 is 0 Å². The quantitative estimate of drug-likeness (QED) is 0.516. The lowest BCUT2D eigenvalue weighted by Crippen LogP contribution is -2.35. The number of rotatable bonds is 10. The third kappa shape index (κ3) is 5.71. The van der Waals surface area contributed by atoms with Gasteiger partial charge >= 0.3 is 0 Å². The van der Waals surface area contributed by atoms with E-state index < -0.39 is 6.10 Å². The molecule has 8 heteroatoms. The van der Waals surface area contributed by atoms with Crippen LogP contribution in [0.25, 0.3) is 0 Å². The second kappa shape index (κ2) is 10.6. The maximum Gasteiger partial charge on any atom is 0.270 e. The molecule has 1 aromatic heterocycles. The van der Waals surface area contributed by atoms with Crippen molar-refractivity contribution >= 4 is 17.2 Å². The highest BCUT2D eigenvalue weighted by molar-refractivity contribution is 7.09. The normalized spacial score (nSPS) is 11.6. The lowest BCUT2D eigenvalue weighted by atomic mass is 10.2. The van der Waals surface area contributed by atoms with Crippen LogP contribution in [0.3, 0.4) is 0 Å². The number of hydrogen-bond donors (Lipinski definition) is 2. The maximum absolute atomic E-state index is 12.3. The first-order valence-corrected chi connectivity index (χ1v) is 10.3. The average molecular weight is 429 g/mol. The van der Waals surface area contributed by atoms with Crippen molar-refractivity contribution < 1.29 is 24.1 Å². The van der Waals surface area contributed by atoms with Gasteiger partial charge in [-0.05, 0) is 17.7 Å². The van der Waals surface area contributed by atoms with Crippen molar-refractivity contribution in [1.29, 1.82) is 0 Å². The number of aliphatic hydroxyl groups excluding tert-OH is 1. The van der Waals surface area contributed by atoms with Gasteiger partial charge in [0.1, 0.15) is 18.4 Å². The molecule has 0 aliphatic rings. The lowest BCUT2D eigenvalue weighted by molar-refractivity contribution is 0.0830. The Kier molecular flexibility index (Phi) is 7.64. The van der Waals surface area contributed by atoms with Crippen molar-refractivity contribution in [3.63, 3.8) is 0 Å². The summed E-state index contributed by atoms with van der Waals surface area (Å²) in [5.74, 6) is 1.07. The number of ether oxygens (including phenoxy) is 3. The molecule has 0 aliphatic heterocycles. The zero-order valence-corrected chi connectivity index (χ0v) is 17.6. The number of thiazole rings is 1. The van der Waals surface area contributed by atoms with Crippen LogP contribution in [0.1, 0.15) is 21.1 Å². The Bertz CT molecular complexity index is 939. The second-order valence-corrected chi connectivity index (χ2v) is 7.40. The molecule has 7 nitrogen and oxygen atoms in total. The summed E-state index contributed by atoms with van der Waals surface area (Å²) < 4.78 is 16.2. The minimum absolute atomic E-state index is 0.0296. The maximum atomic E-state index is 12.3. The van der Waals surface area contributed by atoms with E-state index in [9.17, 15) is 9.90 Å². The van der Waals surface area contributed by atoms with Gasteiger partial charge in [-0.1, -0.05) is 36.4 Å². The van der Waals surface area contributed by atoms with Crippen molar-refractivity contribution in [3.8, 4) is 17.2 Å². The Balaban J connectivity index is 1.49. The predicted octanol–water partition coefficient (Wildman–Crippen LogP) is 2.92. The fraction of sp³-hybridized carbons (Fsp3) is 0.273. The first-order chi connectivity index (χ1) is 14.6. The number of amides is 1. The molecular weight excluding hydrogens is 404 g/mol.